The summed E-state index contributed by atoms with van der Waals surface area (Å²) in [5.74, 6) is 0. The second-order valence-corrected chi connectivity index (χ2v) is 5.53. The number of aromatic nitrogens is 3. The van der Waals surface area contributed by atoms with Crippen LogP contribution in [0.2, 0.25) is 5.28 Å². The van der Waals surface area contributed by atoms with Crippen LogP contribution in [0.15, 0.2) is 61.1 Å². The number of hydrogen-bond acceptors (Lipinski definition) is 4. The van der Waals surface area contributed by atoms with Gasteiger partial charge in [-0.05, 0) is 60.0 Å². The summed E-state index contributed by atoms with van der Waals surface area (Å²) in [4.78, 5) is 12.2. The van der Waals surface area contributed by atoms with Gasteiger partial charge in [-0.15, -0.1) is 0 Å². The molecule has 0 unspecified atom stereocenters. The second kappa shape index (κ2) is 7.81. The average Bonchev–Trinajstić information content (AvgIpc) is 2.60. The molecule has 23 heavy (non-hydrogen) atoms. The van der Waals surface area contributed by atoms with E-state index in [1.807, 2.05) is 42.7 Å². The lowest BCUT2D eigenvalue weighted by Gasteiger charge is -2.07. The number of nitrogens with one attached hydrogen (secondary N) is 1. The minimum absolute atomic E-state index is 0.267. The largest absolute Gasteiger partial charge is 0.312 e. The molecule has 0 bridgehead atoms. The van der Waals surface area contributed by atoms with Crippen molar-refractivity contribution in [1.29, 1.82) is 0 Å². The number of benzene rings is 1. The van der Waals surface area contributed by atoms with Gasteiger partial charge in [0, 0.05) is 30.7 Å². The van der Waals surface area contributed by atoms with Gasteiger partial charge in [-0.1, -0.05) is 18.2 Å². The Morgan fingerprint density at radius 3 is 2.65 bits per heavy atom. The Morgan fingerprint density at radius 1 is 0.957 bits per heavy atom. The molecule has 0 aliphatic rings. The average molecular weight is 325 g/mol. The predicted octanol–water partition coefficient (Wildman–Crippen LogP) is 3.52. The van der Waals surface area contributed by atoms with Gasteiger partial charge in [0.2, 0.25) is 5.28 Å². The van der Waals surface area contributed by atoms with Crippen molar-refractivity contribution in [3.05, 3.63) is 77.5 Å². The molecule has 5 heteroatoms. The van der Waals surface area contributed by atoms with Gasteiger partial charge in [-0.25, -0.2) is 9.97 Å². The van der Waals surface area contributed by atoms with Crippen molar-refractivity contribution in [3.8, 4) is 11.3 Å². The minimum Gasteiger partial charge on any atom is -0.312 e. The molecule has 0 saturated carbocycles. The number of pyridine rings is 1. The lowest BCUT2D eigenvalue weighted by Crippen LogP contribution is -2.16. The first-order chi connectivity index (χ1) is 11.3. The van der Waals surface area contributed by atoms with Crippen LogP contribution in [0.4, 0.5) is 0 Å². The van der Waals surface area contributed by atoms with Crippen molar-refractivity contribution >= 4 is 11.6 Å². The monoisotopic (exact) mass is 324 g/mol. The van der Waals surface area contributed by atoms with E-state index in [0.29, 0.717) is 0 Å². The van der Waals surface area contributed by atoms with E-state index in [1.54, 1.807) is 6.20 Å². The zero-order chi connectivity index (χ0) is 15.9. The van der Waals surface area contributed by atoms with Gasteiger partial charge in [0.25, 0.3) is 0 Å². The SMILES string of the molecule is Clc1nccc(-c2cccc(CNCCc3ccncc3)c2)n1. The van der Waals surface area contributed by atoms with Crippen LogP contribution in [0, 0.1) is 0 Å². The highest BCUT2D eigenvalue weighted by atomic mass is 35.5. The first kappa shape index (κ1) is 15.6. The molecule has 0 spiro atoms. The van der Waals surface area contributed by atoms with Gasteiger partial charge >= 0.3 is 0 Å². The molecule has 116 valence electrons. The fraction of sp³-hybridized carbons (Fsp3) is 0.167. The Balaban J connectivity index is 1.58. The molecule has 3 rings (SSSR count). The van der Waals surface area contributed by atoms with Crippen LogP contribution in [0.3, 0.4) is 0 Å². The normalized spacial score (nSPS) is 10.7. The fourth-order valence-corrected chi connectivity index (χ4v) is 2.50. The molecule has 0 aliphatic heterocycles. The summed E-state index contributed by atoms with van der Waals surface area (Å²) < 4.78 is 0. The first-order valence-corrected chi connectivity index (χ1v) is 7.86. The Kier molecular flexibility index (Phi) is 5.29. The summed E-state index contributed by atoms with van der Waals surface area (Å²) in [6, 6.07) is 14.2. The van der Waals surface area contributed by atoms with E-state index in [1.165, 1.54) is 11.1 Å². The summed E-state index contributed by atoms with van der Waals surface area (Å²) in [6.45, 7) is 1.74. The molecule has 0 radical (unpaired) electrons. The minimum atomic E-state index is 0.267. The zero-order valence-electron chi connectivity index (χ0n) is 12.6. The molecule has 2 heterocycles. The summed E-state index contributed by atoms with van der Waals surface area (Å²) in [5, 5.41) is 3.73. The van der Waals surface area contributed by atoms with E-state index in [2.05, 4.69) is 32.4 Å². The Labute approximate surface area is 140 Å². The summed E-state index contributed by atoms with van der Waals surface area (Å²) in [7, 11) is 0. The van der Waals surface area contributed by atoms with Gasteiger partial charge in [-0.2, -0.15) is 0 Å². The Bertz CT molecular complexity index is 762. The van der Waals surface area contributed by atoms with E-state index in [0.717, 1.165) is 30.8 Å². The lowest BCUT2D eigenvalue weighted by atomic mass is 10.1. The highest BCUT2D eigenvalue weighted by Crippen LogP contribution is 2.19. The standard InChI is InChI=1S/C18H17ClN4/c19-18-22-11-7-17(23-18)16-3-1-2-15(12-16)13-21-10-6-14-4-8-20-9-5-14/h1-5,7-9,11-12,21H,6,10,13H2. The van der Waals surface area contributed by atoms with Crippen molar-refractivity contribution in [2.75, 3.05) is 6.54 Å². The Hall–Kier alpha value is -2.30. The number of nitrogens with zero attached hydrogens (tertiary/aromatic N) is 3. The molecule has 1 aromatic carbocycles. The Morgan fingerprint density at radius 2 is 1.83 bits per heavy atom. The van der Waals surface area contributed by atoms with E-state index in [4.69, 9.17) is 11.6 Å². The fourth-order valence-electron chi connectivity index (χ4n) is 2.35. The van der Waals surface area contributed by atoms with Crippen molar-refractivity contribution in [3.63, 3.8) is 0 Å². The molecular weight excluding hydrogens is 308 g/mol. The van der Waals surface area contributed by atoms with E-state index in [9.17, 15) is 0 Å². The molecule has 0 aliphatic carbocycles. The molecular formula is C18H17ClN4. The highest BCUT2D eigenvalue weighted by Gasteiger charge is 2.02. The van der Waals surface area contributed by atoms with Gasteiger partial charge in [0.05, 0.1) is 5.69 Å². The van der Waals surface area contributed by atoms with Crippen molar-refractivity contribution in [1.82, 2.24) is 20.3 Å². The molecule has 0 saturated heterocycles. The van der Waals surface area contributed by atoms with Gasteiger partial charge < -0.3 is 5.32 Å². The maximum atomic E-state index is 5.86. The van der Waals surface area contributed by atoms with Crippen LogP contribution < -0.4 is 5.32 Å². The van der Waals surface area contributed by atoms with Gasteiger partial charge in [0.15, 0.2) is 0 Å². The molecule has 2 aromatic heterocycles. The van der Waals surface area contributed by atoms with Gasteiger partial charge in [-0.3, -0.25) is 4.98 Å². The zero-order valence-corrected chi connectivity index (χ0v) is 13.4. The quantitative estimate of drug-likeness (QED) is 0.557. The van der Waals surface area contributed by atoms with Crippen LogP contribution in [0.5, 0.6) is 0 Å². The van der Waals surface area contributed by atoms with Crippen LogP contribution in [0.25, 0.3) is 11.3 Å². The molecule has 1 N–H and O–H groups in total. The lowest BCUT2D eigenvalue weighted by molar-refractivity contribution is 0.687. The van der Waals surface area contributed by atoms with Crippen molar-refractivity contribution < 1.29 is 0 Å². The predicted molar refractivity (Wildman–Crippen MR) is 92.1 cm³/mol. The molecule has 0 atom stereocenters. The second-order valence-electron chi connectivity index (χ2n) is 5.19. The first-order valence-electron chi connectivity index (χ1n) is 7.49. The number of halogens is 1. The topological polar surface area (TPSA) is 50.7 Å². The summed E-state index contributed by atoms with van der Waals surface area (Å²) >= 11 is 5.86. The van der Waals surface area contributed by atoms with Crippen molar-refractivity contribution in [2.45, 2.75) is 13.0 Å². The maximum absolute atomic E-state index is 5.86. The third kappa shape index (κ3) is 4.58. The summed E-state index contributed by atoms with van der Waals surface area (Å²) in [6.07, 6.45) is 6.31. The van der Waals surface area contributed by atoms with Crippen LogP contribution in [-0.4, -0.2) is 21.5 Å². The molecule has 0 amide bonds. The molecule has 3 aromatic rings. The van der Waals surface area contributed by atoms with E-state index >= 15 is 0 Å². The van der Waals surface area contributed by atoms with Crippen LogP contribution in [0.1, 0.15) is 11.1 Å². The summed E-state index contributed by atoms with van der Waals surface area (Å²) in [5.41, 5.74) is 4.38. The van der Waals surface area contributed by atoms with Gasteiger partial charge in [0.1, 0.15) is 0 Å². The smallest absolute Gasteiger partial charge is 0.222 e. The van der Waals surface area contributed by atoms with Crippen LogP contribution in [-0.2, 0) is 13.0 Å². The number of rotatable bonds is 6. The van der Waals surface area contributed by atoms with E-state index in [-0.39, 0.29) is 5.28 Å². The third-order valence-electron chi connectivity index (χ3n) is 3.52. The third-order valence-corrected chi connectivity index (χ3v) is 3.70. The maximum Gasteiger partial charge on any atom is 0.222 e. The molecule has 4 nitrogen and oxygen atoms in total. The van der Waals surface area contributed by atoms with E-state index < -0.39 is 0 Å². The van der Waals surface area contributed by atoms with Crippen molar-refractivity contribution in [2.24, 2.45) is 0 Å². The molecule has 0 fully saturated rings. The number of hydrogen-bond donors (Lipinski definition) is 1. The van der Waals surface area contributed by atoms with Crippen LogP contribution >= 0.6 is 11.6 Å². The highest BCUT2D eigenvalue weighted by molar-refractivity contribution is 6.28.